The molecule has 9 nitrogen and oxygen atoms in total. The van der Waals surface area contributed by atoms with Crippen LogP contribution in [0.2, 0.25) is 0 Å². The lowest BCUT2D eigenvalue weighted by Gasteiger charge is -2.40. The van der Waals surface area contributed by atoms with Gasteiger partial charge in [0.05, 0.1) is 13.2 Å². The number of amides is 4. The van der Waals surface area contributed by atoms with E-state index in [2.05, 4.69) is 5.32 Å². The third kappa shape index (κ3) is 2.97. The van der Waals surface area contributed by atoms with E-state index in [1.165, 1.54) is 0 Å². The predicted molar refractivity (Wildman–Crippen MR) is 68.3 cm³/mol. The first-order chi connectivity index (χ1) is 9.95. The number of hydrogen-bond donors (Lipinski definition) is 2. The van der Waals surface area contributed by atoms with Crippen LogP contribution in [0.5, 0.6) is 0 Å². The molecule has 0 aromatic carbocycles. The van der Waals surface area contributed by atoms with Crippen LogP contribution < -0.4 is 5.32 Å². The smallest absolute Gasteiger partial charge is 0.328 e. The molecule has 0 spiro atoms. The molecule has 4 amide bonds. The van der Waals surface area contributed by atoms with Crippen LogP contribution in [0.4, 0.5) is 4.79 Å². The van der Waals surface area contributed by atoms with Gasteiger partial charge in [-0.05, 0) is 6.42 Å². The predicted octanol–water partition coefficient (Wildman–Crippen LogP) is -1.37. The minimum atomic E-state index is -1.18. The molecule has 2 atom stereocenters. The van der Waals surface area contributed by atoms with Crippen LogP contribution in [0, 0.1) is 0 Å². The zero-order valence-electron chi connectivity index (χ0n) is 11.6. The molecule has 0 bridgehead atoms. The molecule has 0 aromatic rings. The molecule has 2 heterocycles. The number of carbonyl (C=O) groups is 4. The van der Waals surface area contributed by atoms with Gasteiger partial charge in [0.15, 0.2) is 6.04 Å². The highest BCUT2D eigenvalue weighted by molar-refractivity contribution is 6.04. The van der Waals surface area contributed by atoms with Crippen molar-refractivity contribution in [3.05, 3.63) is 0 Å². The molecule has 0 aromatic heterocycles. The highest BCUT2D eigenvalue weighted by atomic mass is 16.5. The first-order valence-electron chi connectivity index (χ1n) is 6.67. The molecule has 0 radical (unpaired) electrons. The van der Waals surface area contributed by atoms with E-state index in [4.69, 9.17) is 9.84 Å². The summed E-state index contributed by atoms with van der Waals surface area (Å²) < 4.78 is 5.07. The minimum Gasteiger partial charge on any atom is -0.480 e. The summed E-state index contributed by atoms with van der Waals surface area (Å²) in [7, 11) is 0. The second kappa shape index (κ2) is 6.08. The van der Waals surface area contributed by atoms with Gasteiger partial charge in [-0.2, -0.15) is 0 Å². The fraction of sp³-hybridized carbons (Fsp3) is 0.667. The van der Waals surface area contributed by atoms with E-state index in [1.807, 2.05) is 0 Å². The van der Waals surface area contributed by atoms with Crippen LogP contribution >= 0.6 is 0 Å². The van der Waals surface area contributed by atoms with Crippen molar-refractivity contribution >= 4 is 23.8 Å². The van der Waals surface area contributed by atoms with E-state index in [0.717, 1.165) is 9.80 Å². The van der Waals surface area contributed by atoms with Crippen LogP contribution in [0.25, 0.3) is 0 Å². The second-order valence-corrected chi connectivity index (χ2v) is 4.87. The zero-order valence-corrected chi connectivity index (χ0v) is 11.6. The molecule has 2 unspecified atom stereocenters. The quantitative estimate of drug-likeness (QED) is 0.608. The molecule has 2 N–H and O–H groups in total. The van der Waals surface area contributed by atoms with Crippen molar-refractivity contribution < 1.29 is 29.0 Å². The average molecular weight is 299 g/mol. The molecule has 2 fully saturated rings. The summed E-state index contributed by atoms with van der Waals surface area (Å²) in [6.45, 7) is 1.69. The van der Waals surface area contributed by atoms with Crippen molar-refractivity contribution in [1.29, 1.82) is 0 Å². The topological polar surface area (TPSA) is 116 Å². The number of hydrogen-bond acceptors (Lipinski definition) is 5. The number of nitrogens with zero attached hydrogens (tertiary/aromatic N) is 2. The number of imide groups is 1. The molecule has 2 aliphatic heterocycles. The number of ether oxygens (including phenoxy) is 1. The molecular weight excluding hydrogens is 282 g/mol. The third-order valence-corrected chi connectivity index (χ3v) is 3.55. The largest absolute Gasteiger partial charge is 0.480 e. The molecule has 0 saturated carbocycles. The van der Waals surface area contributed by atoms with Crippen molar-refractivity contribution in [2.45, 2.75) is 25.4 Å². The fourth-order valence-electron chi connectivity index (χ4n) is 2.48. The number of carbonyl (C=O) groups excluding carboxylic acids is 3. The first-order valence-corrected chi connectivity index (χ1v) is 6.67. The van der Waals surface area contributed by atoms with E-state index < -0.39 is 35.9 Å². The van der Waals surface area contributed by atoms with Crippen LogP contribution in [-0.2, 0) is 19.1 Å². The van der Waals surface area contributed by atoms with Gasteiger partial charge in [0.25, 0.3) is 0 Å². The SMILES string of the molecule is CCC1C(=O)NC(=O)CN1C(=O)N1CCOCC1C(=O)O. The van der Waals surface area contributed by atoms with Gasteiger partial charge >= 0.3 is 12.0 Å². The number of nitrogens with one attached hydrogen (secondary N) is 1. The lowest BCUT2D eigenvalue weighted by Crippen LogP contribution is -2.65. The van der Waals surface area contributed by atoms with Crippen LogP contribution in [0.3, 0.4) is 0 Å². The summed E-state index contributed by atoms with van der Waals surface area (Å²) in [6, 6.07) is -2.50. The van der Waals surface area contributed by atoms with Gasteiger partial charge in [0.1, 0.15) is 12.6 Å². The summed E-state index contributed by atoms with van der Waals surface area (Å²) in [6.07, 6.45) is 0.340. The van der Waals surface area contributed by atoms with Gasteiger partial charge in [0.2, 0.25) is 11.8 Å². The Hall–Kier alpha value is -2.16. The maximum absolute atomic E-state index is 12.5. The second-order valence-electron chi connectivity index (χ2n) is 4.87. The summed E-state index contributed by atoms with van der Waals surface area (Å²) in [5.41, 5.74) is 0. The monoisotopic (exact) mass is 299 g/mol. The van der Waals surface area contributed by atoms with Crippen LogP contribution in [-0.4, -0.2) is 77.1 Å². The van der Waals surface area contributed by atoms with Crippen molar-refractivity contribution in [2.75, 3.05) is 26.3 Å². The highest BCUT2D eigenvalue weighted by Crippen LogP contribution is 2.16. The summed E-state index contributed by atoms with van der Waals surface area (Å²) in [5, 5.41) is 11.3. The Morgan fingerprint density at radius 1 is 1.38 bits per heavy atom. The standard InChI is InChI=1S/C12H17N3O6/c1-2-7-10(17)13-9(16)5-15(7)12(20)14-3-4-21-6-8(14)11(18)19/h7-8H,2-6H2,1H3,(H,18,19)(H,13,16,17). The maximum Gasteiger partial charge on any atom is 0.328 e. The first kappa shape index (κ1) is 15.2. The fourth-order valence-corrected chi connectivity index (χ4v) is 2.48. The number of carboxylic acids is 1. The van der Waals surface area contributed by atoms with Gasteiger partial charge in [0, 0.05) is 6.54 Å². The Bertz CT molecular complexity index is 480. The summed E-state index contributed by atoms with van der Waals surface area (Å²) >= 11 is 0. The number of urea groups is 1. The average Bonchev–Trinajstić information content (AvgIpc) is 2.45. The number of morpholine rings is 1. The van der Waals surface area contributed by atoms with E-state index in [-0.39, 0.29) is 26.3 Å². The van der Waals surface area contributed by atoms with Gasteiger partial charge in [-0.1, -0.05) is 6.92 Å². The van der Waals surface area contributed by atoms with Crippen molar-refractivity contribution in [1.82, 2.24) is 15.1 Å². The van der Waals surface area contributed by atoms with Crippen LogP contribution in [0.1, 0.15) is 13.3 Å². The molecule has 0 aliphatic carbocycles. The van der Waals surface area contributed by atoms with Crippen LogP contribution in [0.15, 0.2) is 0 Å². The summed E-state index contributed by atoms with van der Waals surface area (Å²) in [4.78, 5) is 49.2. The minimum absolute atomic E-state index is 0.105. The highest BCUT2D eigenvalue weighted by Gasteiger charge is 2.41. The Morgan fingerprint density at radius 3 is 2.71 bits per heavy atom. The maximum atomic E-state index is 12.5. The molecular formula is C12H17N3O6. The molecule has 116 valence electrons. The number of piperazine rings is 1. The molecule has 9 heteroatoms. The lowest BCUT2D eigenvalue weighted by molar-refractivity contribution is -0.148. The van der Waals surface area contributed by atoms with E-state index in [0.29, 0.717) is 6.42 Å². The van der Waals surface area contributed by atoms with Gasteiger partial charge in [-0.25, -0.2) is 9.59 Å². The van der Waals surface area contributed by atoms with Crippen molar-refractivity contribution in [3.63, 3.8) is 0 Å². The molecule has 2 saturated heterocycles. The number of aliphatic carboxylic acids is 1. The Labute approximate surface area is 120 Å². The lowest BCUT2D eigenvalue weighted by atomic mass is 10.1. The molecule has 2 aliphatic rings. The van der Waals surface area contributed by atoms with E-state index >= 15 is 0 Å². The van der Waals surface area contributed by atoms with E-state index in [9.17, 15) is 19.2 Å². The number of carboxylic acid groups (broad SMARTS) is 1. The van der Waals surface area contributed by atoms with Crippen molar-refractivity contribution in [3.8, 4) is 0 Å². The third-order valence-electron chi connectivity index (χ3n) is 3.55. The Kier molecular flexibility index (Phi) is 4.41. The molecule has 2 rings (SSSR count). The Morgan fingerprint density at radius 2 is 2.10 bits per heavy atom. The van der Waals surface area contributed by atoms with Gasteiger partial charge in [-0.3, -0.25) is 14.9 Å². The number of rotatable bonds is 2. The Balaban J connectivity index is 2.21. The van der Waals surface area contributed by atoms with Gasteiger partial charge in [-0.15, -0.1) is 0 Å². The van der Waals surface area contributed by atoms with Gasteiger partial charge < -0.3 is 19.6 Å². The van der Waals surface area contributed by atoms with E-state index in [1.54, 1.807) is 6.92 Å². The summed E-state index contributed by atoms with van der Waals surface area (Å²) in [5.74, 6) is -2.29. The van der Waals surface area contributed by atoms with Crippen molar-refractivity contribution in [2.24, 2.45) is 0 Å². The normalized spacial score (nSPS) is 26.5. The molecule has 21 heavy (non-hydrogen) atoms. The zero-order chi connectivity index (χ0) is 15.6.